The van der Waals surface area contributed by atoms with Gasteiger partial charge in [0.15, 0.2) is 5.96 Å². The van der Waals surface area contributed by atoms with Gasteiger partial charge < -0.3 is 20.3 Å². The Morgan fingerprint density at radius 3 is 2.36 bits per heavy atom. The number of ether oxygens (including phenoxy) is 1. The number of hydrogen-bond donors (Lipinski definition) is 2. The fourth-order valence-corrected chi connectivity index (χ4v) is 3.33. The number of amides is 1. The Balaban J connectivity index is 1.85. The van der Waals surface area contributed by atoms with E-state index in [1.807, 2.05) is 24.3 Å². The molecule has 0 radical (unpaired) electrons. The molecule has 0 saturated carbocycles. The number of morpholine rings is 1. The van der Waals surface area contributed by atoms with Crippen LogP contribution in [0.25, 0.3) is 0 Å². The van der Waals surface area contributed by atoms with Crippen molar-refractivity contribution in [1.29, 1.82) is 0 Å². The van der Waals surface area contributed by atoms with E-state index in [2.05, 4.69) is 34.4 Å². The molecule has 1 saturated heterocycles. The molecule has 1 amide bonds. The summed E-state index contributed by atoms with van der Waals surface area (Å²) in [6, 6.07) is 8.12. The van der Waals surface area contributed by atoms with Gasteiger partial charge in [-0.15, -0.1) is 0 Å². The lowest BCUT2D eigenvalue weighted by Crippen LogP contribution is -2.52. The van der Waals surface area contributed by atoms with Crippen LogP contribution < -0.4 is 10.6 Å². The quantitative estimate of drug-likeness (QED) is 0.545. The molecule has 0 bridgehead atoms. The first-order valence-corrected chi connectivity index (χ1v) is 9.99. The van der Waals surface area contributed by atoms with Crippen molar-refractivity contribution in [3.8, 4) is 0 Å². The molecule has 1 atom stereocenters. The number of rotatable bonds is 7. The van der Waals surface area contributed by atoms with Crippen molar-refractivity contribution in [3.05, 3.63) is 35.4 Å². The van der Waals surface area contributed by atoms with Gasteiger partial charge in [-0.3, -0.25) is 14.7 Å². The van der Waals surface area contributed by atoms with Gasteiger partial charge in [0.2, 0.25) is 0 Å². The van der Waals surface area contributed by atoms with Crippen LogP contribution in [-0.4, -0.2) is 81.7 Å². The molecule has 1 aliphatic rings. The number of guanidine groups is 1. The first kappa shape index (κ1) is 22.2. The first-order valence-electron chi connectivity index (χ1n) is 9.99. The van der Waals surface area contributed by atoms with Crippen LogP contribution in [0.4, 0.5) is 0 Å². The van der Waals surface area contributed by atoms with Crippen molar-refractivity contribution in [2.24, 2.45) is 10.9 Å². The van der Waals surface area contributed by atoms with E-state index in [0.29, 0.717) is 24.1 Å². The van der Waals surface area contributed by atoms with Crippen LogP contribution in [0.1, 0.15) is 29.8 Å². The fraction of sp³-hybridized carbons (Fsp3) is 0.619. The summed E-state index contributed by atoms with van der Waals surface area (Å²) in [4.78, 5) is 20.4. The summed E-state index contributed by atoms with van der Waals surface area (Å²) in [5.74, 6) is 1.35. The first-order chi connectivity index (χ1) is 13.4. The van der Waals surface area contributed by atoms with E-state index in [0.717, 1.165) is 44.4 Å². The van der Waals surface area contributed by atoms with Crippen LogP contribution >= 0.6 is 0 Å². The molecule has 1 aromatic rings. The van der Waals surface area contributed by atoms with Gasteiger partial charge in [0.1, 0.15) is 0 Å². The van der Waals surface area contributed by atoms with E-state index in [4.69, 9.17) is 4.74 Å². The van der Waals surface area contributed by atoms with Crippen molar-refractivity contribution in [2.45, 2.75) is 26.4 Å². The van der Waals surface area contributed by atoms with Crippen LogP contribution in [-0.2, 0) is 11.3 Å². The maximum atomic E-state index is 12.0. The van der Waals surface area contributed by atoms with Gasteiger partial charge >= 0.3 is 0 Å². The van der Waals surface area contributed by atoms with Gasteiger partial charge in [-0.05, 0) is 23.6 Å². The summed E-state index contributed by atoms with van der Waals surface area (Å²) in [6.07, 6.45) is 0. The highest BCUT2D eigenvalue weighted by atomic mass is 16.5. The number of carbonyl (C=O) groups is 1. The number of aliphatic imine (C=N–C) groups is 1. The third kappa shape index (κ3) is 6.49. The van der Waals surface area contributed by atoms with Crippen LogP contribution in [0.15, 0.2) is 29.3 Å². The standard InChI is InChI=1S/C21H35N5O2/c1-16(2)19(26-10-12-28-13-11-26)15-24-21(22-3)23-14-17-6-8-18(9-7-17)20(27)25(4)5/h6-9,16,19H,10-15H2,1-5H3,(H2,22,23,24). The van der Waals surface area contributed by atoms with E-state index in [9.17, 15) is 4.79 Å². The van der Waals surface area contributed by atoms with Crippen molar-refractivity contribution in [3.63, 3.8) is 0 Å². The molecule has 156 valence electrons. The molecule has 7 nitrogen and oxygen atoms in total. The van der Waals surface area contributed by atoms with E-state index < -0.39 is 0 Å². The van der Waals surface area contributed by atoms with Crippen molar-refractivity contribution in [1.82, 2.24) is 20.4 Å². The lowest BCUT2D eigenvalue weighted by atomic mass is 10.0. The zero-order valence-electron chi connectivity index (χ0n) is 17.9. The van der Waals surface area contributed by atoms with Crippen molar-refractivity contribution < 1.29 is 9.53 Å². The predicted molar refractivity (Wildman–Crippen MR) is 114 cm³/mol. The van der Waals surface area contributed by atoms with Crippen LogP contribution in [0.3, 0.4) is 0 Å². The van der Waals surface area contributed by atoms with Gasteiger partial charge in [0.25, 0.3) is 5.91 Å². The third-order valence-corrected chi connectivity index (χ3v) is 5.05. The summed E-state index contributed by atoms with van der Waals surface area (Å²) in [6.45, 7) is 9.59. The zero-order chi connectivity index (χ0) is 20.5. The Morgan fingerprint density at radius 2 is 1.82 bits per heavy atom. The Hall–Kier alpha value is -2.12. The predicted octanol–water partition coefficient (Wildman–Crippen LogP) is 1.41. The van der Waals surface area contributed by atoms with Crippen molar-refractivity contribution >= 4 is 11.9 Å². The molecule has 0 spiro atoms. The second-order valence-corrected chi connectivity index (χ2v) is 7.66. The molecule has 1 heterocycles. The Labute approximate surface area is 169 Å². The number of carbonyl (C=O) groups excluding carboxylic acids is 1. The number of benzene rings is 1. The third-order valence-electron chi connectivity index (χ3n) is 5.05. The van der Waals surface area contributed by atoms with Crippen LogP contribution in [0, 0.1) is 5.92 Å². The largest absolute Gasteiger partial charge is 0.379 e. The zero-order valence-corrected chi connectivity index (χ0v) is 17.9. The Kier molecular flexibility index (Phi) is 8.73. The molecular weight excluding hydrogens is 354 g/mol. The molecule has 2 rings (SSSR count). The molecule has 1 aliphatic heterocycles. The monoisotopic (exact) mass is 389 g/mol. The maximum absolute atomic E-state index is 12.0. The topological polar surface area (TPSA) is 69.2 Å². The summed E-state index contributed by atoms with van der Waals surface area (Å²) in [5.41, 5.74) is 1.80. The van der Waals surface area contributed by atoms with E-state index in [1.54, 1.807) is 26.0 Å². The minimum atomic E-state index is 0.0137. The molecule has 1 unspecified atom stereocenters. The van der Waals surface area contributed by atoms with Gasteiger partial charge in [-0.1, -0.05) is 26.0 Å². The lowest BCUT2D eigenvalue weighted by Gasteiger charge is -2.37. The summed E-state index contributed by atoms with van der Waals surface area (Å²) in [5, 5.41) is 6.81. The molecule has 1 aromatic carbocycles. The van der Waals surface area contributed by atoms with Crippen molar-refractivity contribution in [2.75, 3.05) is 54.0 Å². The second-order valence-electron chi connectivity index (χ2n) is 7.66. The highest BCUT2D eigenvalue weighted by Crippen LogP contribution is 2.12. The van der Waals surface area contributed by atoms with Crippen LogP contribution in [0.2, 0.25) is 0 Å². The van der Waals surface area contributed by atoms with E-state index >= 15 is 0 Å². The minimum absolute atomic E-state index is 0.0137. The van der Waals surface area contributed by atoms with Gasteiger partial charge in [-0.25, -0.2) is 0 Å². The summed E-state index contributed by atoms with van der Waals surface area (Å²) in [7, 11) is 5.30. The normalized spacial score (nSPS) is 16.7. The number of hydrogen-bond acceptors (Lipinski definition) is 4. The summed E-state index contributed by atoms with van der Waals surface area (Å²) >= 11 is 0. The summed E-state index contributed by atoms with van der Waals surface area (Å²) < 4.78 is 5.48. The maximum Gasteiger partial charge on any atom is 0.253 e. The number of nitrogens with one attached hydrogen (secondary N) is 2. The minimum Gasteiger partial charge on any atom is -0.379 e. The molecule has 1 fully saturated rings. The van der Waals surface area contributed by atoms with Gasteiger partial charge in [-0.2, -0.15) is 0 Å². The highest BCUT2D eigenvalue weighted by Gasteiger charge is 2.23. The lowest BCUT2D eigenvalue weighted by molar-refractivity contribution is 0.00752. The molecule has 7 heteroatoms. The number of nitrogens with zero attached hydrogens (tertiary/aromatic N) is 3. The molecule has 28 heavy (non-hydrogen) atoms. The second kappa shape index (κ2) is 11.0. The van der Waals surface area contributed by atoms with Gasteiger partial charge in [0, 0.05) is 58.9 Å². The Morgan fingerprint density at radius 1 is 1.18 bits per heavy atom. The Bertz CT molecular complexity index is 637. The molecule has 0 aromatic heterocycles. The van der Waals surface area contributed by atoms with E-state index in [1.165, 1.54) is 0 Å². The molecule has 2 N–H and O–H groups in total. The fourth-order valence-electron chi connectivity index (χ4n) is 3.33. The highest BCUT2D eigenvalue weighted by molar-refractivity contribution is 5.93. The molecule has 0 aliphatic carbocycles. The molecular formula is C21H35N5O2. The average molecular weight is 390 g/mol. The van der Waals surface area contributed by atoms with E-state index in [-0.39, 0.29) is 5.91 Å². The smallest absolute Gasteiger partial charge is 0.253 e. The SMILES string of the molecule is CN=C(NCc1ccc(C(=O)N(C)C)cc1)NCC(C(C)C)N1CCOCC1. The van der Waals surface area contributed by atoms with Crippen LogP contribution in [0.5, 0.6) is 0 Å². The van der Waals surface area contributed by atoms with Gasteiger partial charge in [0.05, 0.1) is 13.2 Å². The average Bonchev–Trinajstić information content (AvgIpc) is 2.70.